The molecular weight excluding hydrogens is 210 g/mol. The summed E-state index contributed by atoms with van der Waals surface area (Å²) in [5.41, 5.74) is 1.31. The first-order chi connectivity index (χ1) is 8.06. The van der Waals surface area contributed by atoms with Crippen molar-refractivity contribution < 1.29 is 4.42 Å². The summed E-state index contributed by atoms with van der Waals surface area (Å²) >= 11 is 0. The molecule has 2 nitrogen and oxygen atoms in total. The van der Waals surface area contributed by atoms with Crippen molar-refractivity contribution in [2.45, 2.75) is 53.0 Å². The van der Waals surface area contributed by atoms with Crippen LogP contribution in [0.1, 0.15) is 56.2 Å². The monoisotopic (exact) mass is 235 g/mol. The zero-order valence-corrected chi connectivity index (χ0v) is 11.5. The summed E-state index contributed by atoms with van der Waals surface area (Å²) in [4.78, 5) is 0. The average Bonchev–Trinajstić information content (AvgIpc) is 2.81. The van der Waals surface area contributed by atoms with E-state index in [1.54, 1.807) is 0 Å². The van der Waals surface area contributed by atoms with Gasteiger partial charge in [-0.25, -0.2) is 0 Å². The van der Waals surface area contributed by atoms with E-state index in [1.807, 2.05) is 6.92 Å². The summed E-state index contributed by atoms with van der Waals surface area (Å²) < 4.78 is 5.58. The Kier molecular flexibility index (Phi) is 3.93. The van der Waals surface area contributed by atoms with Crippen molar-refractivity contribution in [3.8, 4) is 0 Å². The van der Waals surface area contributed by atoms with Crippen molar-refractivity contribution in [1.29, 1.82) is 0 Å². The molecule has 2 heteroatoms. The van der Waals surface area contributed by atoms with Crippen LogP contribution >= 0.6 is 0 Å². The van der Waals surface area contributed by atoms with Gasteiger partial charge in [0.15, 0.2) is 0 Å². The number of hydrogen-bond acceptors (Lipinski definition) is 2. The second kappa shape index (κ2) is 5.26. The first-order valence-electron chi connectivity index (χ1n) is 6.86. The van der Waals surface area contributed by atoms with Crippen LogP contribution in [0.2, 0.25) is 0 Å². The second-order valence-corrected chi connectivity index (χ2v) is 5.78. The maximum atomic E-state index is 5.58. The van der Waals surface area contributed by atoms with E-state index in [2.05, 4.69) is 32.2 Å². The van der Waals surface area contributed by atoms with E-state index in [4.69, 9.17) is 4.42 Å². The molecule has 17 heavy (non-hydrogen) atoms. The summed E-state index contributed by atoms with van der Waals surface area (Å²) in [6, 6.07) is 2.56. The average molecular weight is 235 g/mol. The van der Waals surface area contributed by atoms with Gasteiger partial charge in [-0.15, -0.1) is 0 Å². The van der Waals surface area contributed by atoms with Gasteiger partial charge in [0.1, 0.15) is 11.5 Å². The minimum absolute atomic E-state index is 0.406. The lowest BCUT2D eigenvalue weighted by Gasteiger charge is -2.16. The Morgan fingerprint density at radius 1 is 1.41 bits per heavy atom. The highest BCUT2D eigenvalue weighted by atomic mass is 16.3. The SMILES string of the molecule is Cc1cc(C(C)NCC2CCC(C)C2)c(C)o1. The molecule has 3 atom stereocenters. The van der Waals surface area contributed by atoms with Gasteiger partial charge in [-0.2, -0.15) is 0 Å². The van der Waals surface area contributed by atoms with E-state index in [0.29, 0.717) is 6.04 Å². The maximum Gasteiger partial charge on any atom is 0.105 e. The van der Waals surface area contributed by atoms with Gasteiger partial charge in [-0.3, -0.25) is 0 Å². The fraction of sp³-hybridized carbons (Fsp3) is 0.733. The molecule has 3 unspecified atom stereocenters. The Balaban J connectivity index is 1.85. The zero-order chi connectivity index (χ0) is 12.4. The Hall–Kier alpha value is -0.760. The Morgan fingerprint density at radius 3 is 2.71 bits per heavy atom. The summed E-state index contributed by atoms with van der Waals surface area (Å²) in [5.74, 6) is 3.87. The van der Waals surface area contributed by atoms with Crippen molar-refractivity contribution in [2.75, 3.05) is 6.54 Å². The predicted octanol–water partition coefficient (Wildman–Crippen LogP) is 3.98. The van der Waals surface area contributed by atoms with Crippen LogP contribution in [-0.2, 0) is 0 Å². The smallest absolute Gasteiger partial charge is 0.105 e. The molecule has 1 saturated carbocycles. The first-order valence-corrected chi connectivity index (χ1v) is 6.86. The van der Waals surface area contributed by atoms with E-state index in [1.165, 1.54) is 24.8 Å². The van der Waals surface area contributed by atoms with Crippen LogP contribution in [0.15, 0.2) is 10.5 Å². The molecule has 1 N–H and O–H groups in total. The minimum atomic E-state index is 0.406. The van der Waals surface area contributed by atoms with E-state index in [9.17, 15) is 0 Å². The van der Waals surface area contributed by atoms with Gasteiger partial charge in [0.25, 0.3) is 0 Å². The second-order valence-electron chi connectivity index (χ2n) is 5.78. The third-order valence-electron chi connectivity index (χ3n) is 4.06. The van der Waals surface area contributed by atoms with E-state index in [0.717, 1.165) is 29.9 Å². The van der Waals surface area contributed by atoms with Crippen molar-refractivity contribution >= 4 is 0 Å². The predicted molar refractivity (Wildman–Crippen MR) is 71.1 cm³/mol. The standard InChI is InChI=1S/C15H25NO/c1-10-5-6-14(7-10)9-16-12(3)15-8-11(2)17-13(15)4/h8,10,12,14,16H,5-7,9H2,1-4H3. The molecule has 1 aromatic heterocycles. The zero-order valence-electron chi connectivity index (χ0n) is 11.5. The van der Waals surface area contributed by atoms with Crippen LogP contribution in [0.4, 0.5) is 0 Å². The van der Waals surface area contributed by atoms with E-state index >= 15 is 0 Å². The Bertz CT molecular complexity index is 369. The van der Waals surface area contributed by atoms with Crippen molar-refractivity contribution in [2.24, 2.45) is 11.8 Å². The van der Waals surface area contributed by atoms with Crippen LogP contribution in [0.25, 0.3) is 0 Å². The normalized spacial score (nSPS) is 26.4. The fourth-order valence-corrected chi connectivity index (χ4v) is 3.04. The van der Waals surface area contributed by atoms with Crippen molar-refractivity contribution in [3.63, 3.8) is 0 Å². The molecule has 1 aliphatic rings. The van der Waals surface area contributed by atoms with Gasteiger partial charge in [0.05, 0.1) is 0 Å². The molecule has 0 amide bonds. The van der Waals surface area contributed by atoms with Gasteiger partial charge in [-0.05, 0) is 58.1 Å². The van der Waals surface area contributed by atoms with Gasteiger partial charge >= 0.3 is 0 Å². The molecule has 0 saturated heterocycles. The number of aryl methyl sites for hydroxylation is 2. The molecule has 0 bridgehead atoms. The molecule has 2 rings (SSSR count). The molecule has 0 aromatic carbocycles. The number of rotatable bonds is 4. The summed E-state index contributed by atoms with van der Waals surface area (Å²) in [6.07, 6.45) is 4.19. The fourth-order valence-electron chi connectivity index (χ4n) is 3.04. The largest absolute Gasteiger partial charge is 0.466 e. The van der Waals surface area contributed by atoms with Crippen molar-refractivity contribution in [3.05, 3.63) is 23.2 Å². The molecule has 96 valence electrons. The Labute approximate surface area is 105 Å². The lowest BCUT2D eigenvalue weighted by molar-refractivity contribution is 0.434. The van der Waals surface area contributed by atoms with Crippen LogP contribution in [0.3, 0.4) is 0 Å². The van der Waals surface area contributed by atoms with E-state index in [-0.39, 0.29) is 0 Å². The first kappa shape index (κ1) is 12.7. The molecule has 0 spiro atoms. The van der Waals surface area contributed by atoms with Gasteiger partial charge in [-0.1, -0.05) is 13.3 Å². The number of nitrogens with one attached hydrogen (secondary N) is 1. The van der Waals surface area contributed by atoms with E-state index < -0.39 is 0 Å². The Morgan fingerprint density at radius 2 is 2.18 bits per heavy atom. The topological polar surface area (TPSA) is 25.2 Å². The summed E-state index contributed by atoms with van der Waals surface area (Å²) in [7, 11) is 0. The van der Waals surface area contributed by atoms with Crippen LogP contribution in [0, 0.1) is 25.7 Å². The highest BCUT2D eigenvalue weighted by molar-refractivity contribution is 5.23. The van der Waals surface area contributed by atoms with Crippen molar-refractivity contribution in [1.82, 2.24) is 5.32 Å². The molecule has 0 radical (unpaired) electrons. The molecule has 1 aromatic rings. The molecule has 0 aliphatic heterocycles. The lowest BCUT2D eigenvalue weighted by atomic mass is 10.0. The lowest BCUT2D eigenvalue weighted by Crippen LogP contribution is -2.24. The third kappa shape index (κ3) is 3.12. The highest BCUT2D eigenvalue weighted by Gasteiger charge is 2.22. The molecule has 1 heterocycles. The molecule has 1 fully saturated rings. The molecular formula is C15H25NO. The quantitative estimate of drug-likeness (QED) is 0.854. The molecule has 1 aliphatic carbocycles. The van der Waals surface area contributed by atoms with Crippen LogP contribution in [0.5, 0.6) is 0 Å². The maximum absolute atomic E-state index is 5.58. The number of furan rings is 1. The van der Waals surface area contributed by atoms with Gasteiger partial charge < -0.3 is 9.73 Å². The van der Waals surface area contributed by atoms with Crippen LogP contribution in [-0.4, -0.2) is 6.54 Å². The summed E-state index contributed by atoms with van der Waals surface area (Å²) in [6.45, 7) is 9.82. The highest BCUT2D eigenvalue weighted by Crippen LogP contribution is 2.30. The number of hydrogen-bond donors (Lipinski definition) is 1. The van der Waals surface area contributed by atoms with Gasteiger partial charge in [0, 0.05) is 11.6 Å². The van der Waals surface area contributed by atoms with Crippen LogP contribution < -0.4 is 5.32 Å². The third-order valence-corrected chi connectivity index (χ3v) is 4.06. The minimum Gasteiger partial charge on any atom is -0.466 e. The summed E-state index contributed by atoms with van der Waals surface area (Å²) in [5, 5.41) is 3.66. The van der Waals surface area contributed by atoms with Gasteiger partial charge in [0.2, 0.25) is 0 Å².